The smallest absolute Gasteiger partial charge is 0.348 e. The van der Waals surface area contributed by atoms with E-state index in [-0.39, 0.29) is 17.3 Å². The third-order valence-corrected chi connectivity index (χ3v) is 5.27. The molecular formula is C23H24N4O4. The summed E-state index contributed by atoms with van der Waals surface area (Å²) >= 11 is 0. The van der Waals surface area contributed by atoms with Gasteiger partial charge in [-0.2, -0.15) is 5.10 Å². The van der Waals surface area contributed by atoms with Crippen molar-refractivity contribution in [1.82, 2.24) is 19.7 Å². The number of aromatic hydroxyl groups is 2. The zero-order valence-electron chi connectivity index (χ0n) is 17.3. The largest absolute Gasteiger partial charge is 0.507 e. The van der Waals surface area contributed by atoms with Crippen molar-refractivity contribution in [2.24, 2.45) is 0 Å². The molecule has 1 aliphatic heterocycles. The number of hydrogen-bond acceptors (Lipinski definition) is 6. The van der Waals surface area contributed by atoms with Crippen molar-refractivity contribution in [2.45, 2.75) is 19.9 Å². The van der Waals surface area contributed by atoms with E-state index in [9.17, 15) is 15.0 Å². The van der Waals surface area contributed by atoms with Crippen molar-refractivity contribution in [2.75, 3.05) is 26.3 Å². The fourth-order valence-electron chi connectivity index (χ4n) is 3.61. The molecule has 1 aromatic heterocycles. The number of H-pyrrole nitrogens is 1. The molecule has 160 valence electrons. The number of phenols is 2. The minimum absolute atomic E-state index is 0.0547. The topological polar surface area (TPSA) is 104 Å². The number of morpholine rings is 1. The van der Waals surface area contributed by atoms with Crippen LogP contribution in [0.25, 0.3) is 17.1 Å². The Labute approximate surface area is 179 Å². The van der Waals surface area contributed by atoms with E-state index in [2.05, 4.69) is 26.9 Å². The first-order valence-electron chi connectivity index (χ1n) is 10.1. The van der Waals surface area contributed by atoms with Gasteiger partial charge in [0.2, 0.25) is 0 Å². The standard InChI is InChI=1S/C23H24N4O4/c1-2-3-4-17-13-19(21(29)14-20(17)28)22-24-25-23(30)27(22)18-7-5-16(6-8-18)15-26-9-11-31-12-10-26/h5-8,13-14,28-29H,4,9-12,15H2,1H3,(H,25,30). The van der Waals surface area contributed by atoms with E-state index in [4.69, 9.17) is 4.74 Å². The summed E-state index contributed by atoms with van der Waals surface area (Å²) in [7, 11) is 0. The number of hydrogen-bond donors (Lipinski definition) is 3. The SMILES string of the molecule is CC#CCc1cc(-c2n[nH]c(=O)n2-c2ccc(CN3CCOCC3)cc2)c(O)cc1O. The maximum absolute atomic E-state index is 12.5. The van der Waals surface area contributed by atoms with E-state index in [1.807, 2.05) is 24.3 Å². The highest BCUT2D eigenvalue weighted by molar-refractivity contribution is 5.69. The minimum Gasteiger partial charge on any atom is -0.507 e. The van der Waals surface area contributed by atoms with Crippen molar-refractivity contribution in [1.29, 1.82) is 0 Å². The molecule has 2 heterocycles. The van der Waals surface area contributed by atoms with Crippen LogP contribution in [0.2, 0.25) is 0 Å². The second-order valence-corrected chi connectivity index (χ2v) is 7.34. The lowest BCUT2D eigenvalue weighted by atomic mass is 10.0. The van der Waals surface area contributed by atoms with Crippen LogP contribution >= 0.6 is 0 Å². The fraction of sp³-hybridized carbons (Fsp3) is 0.304. The first-order chi connectivity index (χ1) is 15.1. The van der Waals surface area contributed by atoms with Gasteiger partial charge in [-0.1, -0.05) is 18.1 Å². The monoisotopic (exact) mass is 420 g/mol. The van der Waals surface area contributed by atoms with Crippen LogP contribution < -0.4 is 5.69 Å². The highest BCUT2D eigenvalue weighted by Crippen LogP contribution is 2.34. The van der Waals surface area contributed by atoms with Crippen LogP contribution in [-0.4, -0.2) is 56.2 Å². The molecule has 0 spiro atoms. The number of nitrogens with zero attached hydrogens (tertiary/aromatic N) is 3. The maximum Gasteiger partial charge on any atom is 0.348 e. The summed E-state index contributed by atoms with van der Waals surface area (Å²) in [5.41, 5.74) is 2.23. The molecule has 1 aliphatic rings. The van der Waals surface area contributed by atoms with Crippen LogP contribution in [0.3, 0.4) is 0 Å². The Morgan fingerprint density at radius 2 is 1.87 bits per heavy atom. The summed E-state index contributed by atoms with van der Waals surface area (Å²) < 4.78 is 6.79. The molecule has 0 bridgehead atoms. The summed E-state index contributed by atoms with van der Waals surface area (Å²) in [6, 6.07) is 10.5. The molecule has 2 aromatic carbocycles. The van der Waals surface area contributed by atoms with E-state index in [1.165, 1.54) is 10.6 Å². The zero-order chi connectivity index (χ0) is 21.8. The molecule has 3 aromatic rings. The summed E-state index contributed by atoms with van der Waals surface area (Å²) in [5, 5.41) is 27.1. The number of nitrogens with one attached hydrogen (secondary N) is 1. The van der Waals surface area contributed by atoms with Crippen molar-refractivity contribution < 1.29 is 14.9 Å². The lowest BCUT2D eigenvalue weighted by molar-refractivity contribution is 0.0342. The third-order valence-electron chi connectivity index (χ3n) is 5.27. The lowest BCUT2D eigenvalue weighted by Gasteiger charge is -2.26. The number of phenolic OH excluding ortho intramolecular Hbond substituents is 2. The van der Waals surface area contributed by atoms with Gasteiger partial charge in [0.1, 0.15) is 11.5 Å². The van der Waals surface area contributed by atoms with Gasteiger partial charge in [-0.15, -0.1) is 5.92 Å². The van der Waals surface area contributed by atoms with Crippen LogP contribution in [0.15, 0.2) is 41.2 Å². The van der Waals surface area contributed by atoms with Gasteiger partial charge in [-0.3, -0.25) is 4.90 Å². The van der Waals surface area contributed by atoms with Gasteiger partial charge in [0, 0.05) is 37.7 Å². The predicted molar refractivity (Wildman–Crippen MR) is 116 cm³/mol. The Bertz CT molecular complexity index is 1180. The Balaban J connectivity index is 1.67. The summed E-state index contributed by atoms with van der Waals surface area (Å²) in [4.78, 5) is 14.8. The predicted octanol–water partition coefficient (Wildman–Crippen LogP) is 2.04. The van der Waals surface area contributed by atoms with Crippen molar-refractivity contribution in [3.05, 3.63) is 58.0 Å². The quantitative estimate of drug-likeness (QED) is 0.546. The summed E-state index contributed by atoms with van der Waals surface area (Å²) in [6.45, 7) is 5.82. The van der Waals surface area contributed by atoms with E-state index in [0.717, 1.165) is 38.4 Å². The molecule has 8 heteroatoms. The van der Waals surface area contributed by atoms with Crippen LogP contribution in [0.5, 0.6) is 11.5 Å². The molecule has 0 unspecified atom stereocenters. The molecule has 1 fully saturated rings. The first-order valence-corrected chi connectivity index (χ1v) is 10.1. The van der Waals surface area contributed by atoms with E-state index in [1.54, 1.807) is 13.0 Å². The molecule has 0 saturated carbocycles. The highest BCUT2D eigenvalue weighted by atomic mass is 16.5. The van der Waals surface area contributed by atoms with Crippen LogP contribution in [0.4, 0.5) is 0 Å². The van der Waals surface area contributed by atoms with Gasteiger partial charge in [-0.05, 0) is 30.7 Å². The molecule has 8 nitrogen and oxygen atoms in total. The lowest BCUT2D eigenvalue weighted by Crippen LogP contribution is -2.35. The first kappa shape index (κ1) is 20.7. The van der Waals surface area contributed by atoms with Crippen LogP contribution in [-0.2, 0) is 17.7 Å². The molecule has 0 radical (unpaired) electrons. The second kappa shape index (κ2) is 9.08. The molecule has 3 N–H and O–H groups in total. The molecule has 31 heavy (non-hydrogen) atoms. The van der Waals surface area contributed by atoms with Gasteiger partial charge in [0.25, 0.3) is 0 Å². The van der Waals surface area contributed by atoms with Crippen molar-refractivity contribution in [3.8, 4) is 40.4 Å². The molecule has 0 amide bonds. The fourth-order valence-corrected chi connectivity index (χ4v) is 3.61. The molecule has 1 saturated heterocycles. The van der Waals surface area contributed by atoms with Crippen LogP contribution in [0, 0.1) is 11.8 Å². The second-order valence-electron chi connectivity index (χ2n) is 7.34. The Morgan fingerprint density at radius 1 is 1.13 bits per heavy atom. The van der Waals surface area contributed by atoms with Gasteiger partial charge in [0.15, 0.2) is 5.82 Å². The summed E-state index contributed by atoms with van der Waals surface area (Å²) in [6.07, 6.45) is 0.320. The Hall–Kier alpha value is -3.54. The zero-order valence-corrected chi connectivity index (χ0v) is 17.3. The average Bonchev–Trinajstić information content (AvgIpc) is 3.15. The maximum atomic E-state index is 12.5. The molecule has 0 aliphatic carbocycles. The number of ether oxygens (including phenoxy) is 1. The third kappa shape index (κ3) is 4.48. The van der Waals surface area contributed by atoms with E-state index in [0.29, 0.717) is 23.2 Å². The van der Waals surface area contributed by atoms with Crippen molar-refractivity contribution in [3.63, 3.8) is 0 Å². The van der Waals surface area contributed by atoms with Gasteiger partial charge in [-0.25, -0.2) is 14.5 Å². The van der Waals surface area contributed by atoms with E-state index >= 15 is 0 Å². The Kier molecular flexibility index (Phi) is 6.07. The highest BCUT2D eigenvalue weighted by Gasteiger charge is 2.18. The average molecular weight is 420 g/mol. The summed E-state index contributed by atoms with van der Waals surface area (Å²) in [5.74, 6) is 5.71. The van der Waals surface area contributed by atoms with Gasteiger partial charge in [0.05, 0.1) is 24.5 Å². The van der Waals surface area contributed by atoms with Crippen molar-refractivity contribution >= 4 is 0 Å². The Morgan fingerprint density at radius 3 is 2.58 bits per heavy atom. The molecule has 4 rings (SSSR count). The number of aromatic amines is 1. The molecular weight excluding hydrogens is 396 g/mol. The van der Waals surface area contributed by atoms with Crippen LogP contribution in [0.1, 0.15) is 18.1 Å². The van der Waals surface area contributed by atoms with Gasteiger partial charge < -0.3 is 14.9 Å². The molecule has 0 atom stereocenters. The van der Waals surface area contributed by atoms with E-state index < -0.39 is 5.69 Å². The number of benzene rings is 2. The number of aromatic nitrogens is 3. The normalized spacial score (nSPS) is 14.2. The minimum atomic E-state index is -0.418. The van der Waals surface area contributed by atoms with Gasteiger partial charge >= 0.3 is 5.69 Å². The number of rotatable bonds is 5.